The average molecular weight is 333 g/mol. The van der Waals surface area contributed by atoms with Gasteiger partial charge in [0.1, 0.15) is 5.75 Å². The molecule has 5 nitrogen and oxygen atoms in total. The molecule has 0 aliphatic carbocycles. The summed E-state index contributed by atoms with van der Waals surface area (Å²) in [4.78, 5) is 26.3. The molecule has 1 atom stereocenters. The number of amides is 1. The van der Waals surface area contributed by atoms with Crippen molar-refractivity contribution in [2.75, 3.05) is 19.7 Å². The van der Waals surface area contributed by atoms with Crippen molar-refractivity contribution in [3.63, 3.8) is 0 Å². The van der Waals surface area contributed by atoms with Crippen LogP contribution in [0, 0.1) is 12.8 Å². The molecule has 132 valence electrons. The Labute approximate surface area is 143 Å². The van der Waals surface area contributed by atoms with Crippen LogP contribution in [0.25, 0.3) is 0 Å². The van der Waals surface area contributed by atoms with E-state index >= 15 is 0 Å². The van der Waals surface area contributed by atoms with E-state index in [4.69, 9.17) is 9.47 Å². The van der Waals surface area contributed by atoms with Crippen LogP contribution in [0.4, 0.5) is 0 Å². The Bertz CT molecular complexity index is 564. The van der Waals surface area contributed by atoms with Gasteiger partial charge in [-0.3, -0.25) is 9.59 Å². The van der Waals surface area contributed by atoms with Gasteiger partial charge >= 0.3 is 5.97 Å². The summed E-state index contributed by atoms with van der Waals surface area (Å²) >= 11 is 0. The van der Waals surface area contributed by atoms with Gasteiger partial charge in [0.05, 0.1) is 12.5 Å². The first-order valence-corrected chi connectivity index (χ1v) is 8.74. The van der Waals surface area contributed by atoms with E-state index in [0.29, 0.717) is 39.0 Å². The largest absolute Gasteiger partial charge is 0.480 e. The first-order valence-electron chi connectivity index (χ1n) is 8.74. The molecule has 5 heteroatoms. The molecule has 1 aromatic carbocycles. The highest BCUT2D eigenvalue weighted by molar-refractivity contribution is 5.82. The Morgan fingerprint density at radius 3 is 2.46 bits per heavy atom. The van der Waals surface area contributed by atoms with Crippen LogP contribution >= 0.6 is 0 Å². The van der Waals surface area contributed by atoms with Crippen molar-refractivity contribution >= 4 is 11.9 Å². The number of hydrogen-bond acceptors (Lipinski definition) is 4. The molecule has 1 saturated heterocycles. The van der Waals surface area contributed by atoms with Crippen LogP contribution in [0.2, 0.25) is 0 Å². The first kappa shape index (κ1) is 18.3. The van der Waals surface area contributed by atoms with Gasteiger partial charge in [-0.2, -0.15) is 0 Å². The number of hydrogen-bond donors (Lipinski definition) is 0. The number of esters is 1. The standard InChI is InChI=1S/C19H27NO4/c1-4-16(24-17-9-7-6-8-14(17)3)18(21)20-12-10-15(11-13-20)19(22)23-5-2/h6-9,15-16H,4-5,10-13H2,1-3H3/t16-/m0/s1. The van der Waals surface area contributed by atoms with Gasteiger partial charge in [0.25, 0.3) is 5.91 Å². The van der Waals surface area contributed by atoms with Crippen molar-refractivity contribution in [2.24, 2.45) is 5.92 Å². The fourth-order valence-corrected chi connectivity index (χ4v) is 2.95. The van der Waals surface area contributed by atoms with E-state index in [1.165, 1.54) is 0 Å². The summed E-state index contributed by atoms with van der Waals surface area (Å²) in [5.41, 5.74) is 1.02. The lowest BCUT2D eigenvalue weighted by molar-refractivity contribution is -0.152. The zero-order chi connectivity index (χ0) is 17.5. The van der Waals surface area contributed by atoms with E-state index in [-0.39, 0.29) is 17.8 Å². The quantitative estimate of drug-likeness (QED) is 0.751. The highest BCUT2D eigenvalue weighted by atomic mass is 16.5. The van der Waals surface area contributed by atoms with Crippen LogP contribution in [-0.2, 0) is 14.3 Å². The predicted octanol–water partition coefficient (Wildman–Crippen LogP) is 2.95. The molecular weight excluding hydrogens is 306 g/mol. The molecule has 0 spiro atoms. The van der Waals surface area contributed by atoms with Crippen LogP contribution in [-0.4, -0.2) is 42.6 Å². The zero-order valence-corrected chi connectivity index (χ0v) is 14.8. The van der Waals surface area contributed by atoms with Crippen molar-refractivity contribution in [1.29, 1.82) is 0 Å². The van der Waals surface area contributed by atoms with E-state index < -0.39 is 6.10 Å². The van der Waals surface area contributed by atoms with Crippen molar-refractivity contribution in [3.05, 3.63) is 29.8 Å². The van der Waals surface area contributed by atoms with E-state index in [1.54, 1.807) is 0 Å². The molecule has 1 fully saturated rings. The molecule has 1 aliphatic heterocycles. The van der Waals surface area contributed by atoms with E-state index in [0.717, 1.165) is 11.3 Å². The molecule has 1 aliphatic rings. The minimum Gasteiger partial charge on any atom is -0.480 e. The second kappa shape index (κ2) is 8.71. The summed E-state index contributed by atoms with van der Waals surface area (Å²) in [7, 11) is 0. The minimum atomic E-state index is -0.481. The van der Waals surface area contributed by atoms with Gasteiger partial charge < -0.3 is 14.4 Å². The summed E-state index contributed by atoms with van der Waals surface area (Å²) in [5.74, 6) is 0.515. The highest BCUT2D eigenvalue weighted by Crippen LogP contribution is 2.23. The van der Waals surface area contributed by atoms with Gasteiger partial charge in [-0.15, -0.1) is 0 Å². The smallest absolute Gasteiger partial charge is 0.309 e. The van der Waals surface area contributed by atoms with Gasteiger partial charge in [-0.1, -0.05) is 25.1 Å². The lowest BCUT2D eigenvalue weighted by atomic mass is 9.96. The van der Waals surface area contributed by atoms with Crippen molar-refractivity contribution in [1.82, 2.24) is 4.90 Å². The third-order valence-corrected chi connectivity index (χ3v) is 4.44. The SMILES string of the molecule is CCOC(=O)C1CCN(C(=O)[C@H](CC)Oc2ccccc2C)CC1. The van der Waals surface area contributed by atoms with Crippen LogP contribution in [0.15, 0.2) is 24.3 Å². The molecule has 0 bridgehead atoms. The minimum absolute atomic E-state index is 0.00284. The van der Waals surface area contributed by atoms with E-state index in [9.17, 15) is 9.59 Å². The maximum atomic E-state index is 12.7. The zero-order valence-electron chi connectivity index (χ0n) is 14.8. The molecule has 0 N–H and O–H groups in total. The highest BCUT2D eigenvalue weighted by Gasteiger charge is 2.31. The fraction of sp³-hybridized carbons (Fsp3) is 0.579. The lowest BCUT2D eigenvalue weighted by Gasteiger charge is -2.33. The van der Waals surface area contributed by atoms with Crippen LogP contribution in [0.1, 0.15) is 38.7 Å². The molecule has 0 unspecified atom stereocenters. The number of aryl methyl sites for hydroxylation is 1. The summed E-state index contributed by atoms with van der Waals surface area (Å²) in [6.07, 6.45) is 1.45. The van der Waals surface area contributed by atoms with Gasteiger partial charge in [0.15, 0.2) is 6.10 Å². The second-order valence-corrected chi connectivity index (χ2v) is 6.13. The van der Waals surface area contributed by atoms with Gasteiger partial charge in [0, 0.05) is 13.1 Å². The molecule has 1 amide bonds. The number of nitrogens with zero attached hydrogens (tertiary/aromatic N) is 1. The predicted molar refractivity (Wildman–Crippen MR) is 91.8 cm³/mol. The summed E-state index contributed by atoms with van der Waals surface area (Å²) in [6, 6.07) is 7.71. The Kier molecular flexibility index (Phi) is 6.64. The number of likely N-dealkylation sites (tertiary alicyclic amines) is 1. The monoisotopic (exact) mass is 333 g/mol. The van der Waals surface area contributed by atoms with Gasteiger partial charge in [-0.05, 0) is 44.7 Å². The number of rotatable bonds is 6. The molecule has 2 rings (SSSR count). The molecule has 24 heavy (non-hydrogen) atoms. The Morgan fingerprint density at radius 2 is 1.88 bits per heavy atom. The fourth-order valence-electron chi connectivity index (χ4n) is 2.95. The second-order valence-electron chi connectivity index (χ2n) is 6.13. The molecule has 1 aromatic rings. The van der Waals surface area contributed by atoms with E-state index in [2.05, 4.69) is 0 Å². The van der Waals surface area contributed by atoms with Crippen LogP contribution in [0.3, 0.4) is 0 Å². The van der Waals surface area contributed by atoms with Gasteiger partial charge in [-0.25, -0.2) is 0 Å². The van der Waals surface area contributed by atoms with Crippen molar-refractivity contribution < 1.29 is 19.1 Å². The number of carbonyl (C=O) groups excluding carboxylic acids is 2. The normalized spacial score (nSPS) is 16.5. The summed E-state index contributed by atoms with van der Waals surface area (Å²) < 4.78 is 11.0. The Hall–Kier alpha value is -2.04. The Balaban J connectivity index is 1.93. The third kappa shape index (κ3) is 4.49. The van der Waals surface area contributed by atoms with E-state index in [1.807, 2.05) is 49.9 Å². The number of para-hydroxylation sites is 1. The lowest BCUT2D eigenvalue weighted by Crippen LogP contribution is -2.46. The average Bonchev–Trinajstić information content (AvgIpc) is 2.61. The summed E-state index contributed by atoms with van der Waals surface area (Å²) in [5, 5.41) is 0. The maximum absolute atomic E-state index is 12.7. The molecule has 1 heterocycles. The number of benzene rings is 1. The maximum Gasteiger partial charge on any atom is 0.309 e. The van der Waals surface area contributed by atoms with Crippen molar-refractivity contribution in [3.8, 4) is 5.75 Å². The van der Waals surface area contributed by atoms with Crippen LogP contribution < -0.4 is 4.74 Å². The molecule has 0 radical (unpaired) electrons. The molecule has 0 saturated carbocycles. The third-order valence-electron chi connectivity index (χ3n) is 4.44. The first-order chi connectivity index (χ1) is 11.6. The molecule has 0 aromatic heterocycles. The topological polar surface area (TPSA) is 55.8 Å². The Morgan fingerprint density at radius 1 is 1.21 bits per heavy atom. The van der Waals surface area contributed by atoms with Gasteiger partial charge in [0.2, 0.25) is 0 Å². The number of carbonyl (C=O) groups is 2. The number of ether oxygens (including phenoxy) is 2. The number of piperidine rings is 1. The van der Waals surface area contributed by atoms with Crippen LogP contribution in [0.5, 0.6) is 5.75 Å². The van der Waals surface area contributed by atoms with Crippen molar-refractivity contribution in [2.45, 2.75) is 46.1 Å². The molecular formula is C19H27NO4. The summed E-state index contributed by atoms with van der Waals surface area (Å²) in [6.45, 7) is 7.29.